The normalized spacial score (nSPS) is 14.5. The lowest BCUT2D eigenvalue weighted by atomic mass is 9.89. The van der Waals surface area contributed by atoms with Crippen LogP contribution in [-0.2, 0) is 4.79 Å². The van der Waals surface area contributed by atoms with Crippen molar-refractivity contribution in [1.29, 1.82) is 0 Å². The number of carbonyl (C=O) groups is 2. The summed E-state index contributed by atoms with van der Waals surface area (Å²) in [4.78, 5) is 27.8. The fourth-order valence-electron chi connectivity index (χ4n) is 4.07. The van der Waals surface area contributed by atoms with Crippen LogP contribution in [0.4, 0.5) is 4.39 Å². The van der Waals surface area contributed by atoms with Gasteiger partial charge in [0.1, 0.15) is 5.82 Å². The first kappa shape index (κ1) is 20.8. The average molecular weight is 416 g/mol. The fourth-order valence-corrected chi connectivity index (χ4v) is 4.07. The van der Waals surface area contributed by atoms with E-state index in [2.05, 4.69) is 5.32 Å². The highest BCUT2D eigenvalue weighted by atomic mass is 19.1. The Morgan fingerprint density at radius 2 is 1.32 bits per heavy atom. The predicted octanol–water partition coefficient (Wildman–Crippen LogP) is 4.38. The van der Waals surface area contributed by atoms with Gasteiger partial charge in [-0.3, -0.25) is 9.59 Å². The van der Waals surface area contributed by atoms with Gasteiger partial charge in [0.25, 0.3) is 5.91 Å². The zero-order valence-electron chi connectivity index (χ0n) is 17.2. The molecule has 1 aliphatic rings. The van der Waals surface area contributed by atoms with E-state index in [1.54, 1.807) is 0 Å². The fraction of sp³-hybridized carbons (Fsp3) is 0.231. The molecule has 0 saturated carbocycles. The summed E-state index contributed by atoms with van der Waals surface area (Å²) in [5.41, 5.74) is 2.39. The molecule has 1 N–H and O–H groups in total. The van der Waals surface area contributed by atoms with Gasteiger partial charge in [-0.25, -0.2) is 4.39 Å². The molecular formula is C26H25FN2O2. The minimum absolute atomic E-state index is 0.00602. The predicted molar refractivity (Wildman–Crippen MR) is 118 cm³/mol. The van der Waals surface area contributed by atoms with Gasteiger partial charge in [-0.05, 0) is 48.2 Å². The summed E-state index contributed by atoms with van der Waals surface area (Å²) in [5, 5.41) is 3.01. The first-order chi connectivity index (χ1) is 15.1. The number of benzene rings is 3. The molecule has 0 aliphatic carbocycles. The summed E-state index contributed by atoms with van der Waals surface area (Å²) in [6.45, 7) is 1.17. The van der Waals surface area contributed by atoms with E-state index in [4.69, 9.17) is 0 Å². The van der Waals surface area contributed by atoms with Crippen LogP contribution in [0.2, 0.25) is 0 Å². The van der Waals surface area contributed by atoms with Gasteiger partial charge in [0.05, 0.1) is 5.92 Å². The minimum atomic E-state index is -0.366. The molecule has 4 nitrogen and oxygen atoms in total. The Balaban J connectivity index is 1.41. The van der Waals surface area contributed by atoms with Gasteiger partial charge in [0.15, 0.2) is 0 Å². The molecule has 0 spiro atoms. The molecule has 5 heteroatoms. The lowest BCUT2D eigenvalue weighted by Gasteiger charge is -2.35. The molecule has 0 bridgehead atoms. The van der Waals surface area contributed by atoms with Crippen LogP contribution < -0.4 is 5.32 Å². The number of nitrogens with zero attached hydrogens (tertiary/aromatic N) is 1. The highest BCUT2D eigenvalue weighted by Gasteiger charge is 2.30. The molecule has 1 aliphatic heterocycles. The van der Waals surface area contributed by atoms with Crippen molar-refractivity contribution in [2.75, 3.05) is 13.1 Å². The second kappa shape index (κ2) is 9.56. The van der Waals surface area contributed by atoms with Gasteiger partial charge in [0.2, 0.25) is 5.91 Å². The number of hydrogen-bond acceptors (Lipinski definition) is 2. The summed E-state index contributed by atoms with van der Waals surface area (Å²) >= 11 is 0. The molecule has 0 unspecified atom stereocenters. The van der Waals surface area contributed by atoms with Crippen molar-refractivity contribution in [3.8, 4) is 0 Å². The molecule has 1 heterocycles. The third-order valence-corrected chi connectivity index (χ3v) is 5.76. The van der Waals surface area contributed by atoms with E-state index in [1.165, 1.54) is 24.3 Å². The SMILES string of the molecule is O=C(NC1CCN(C(=O)C(c2ccccc2)c2ccccc2)CC1)c1ccc(F)cc1. The topological polar surface area (TPSA) is 49.4 Å². The summed E-state index contributed by atoms with van der Waals surface area (Å²) in [6, 6.07) is 25.2. The lowest BCUT2D eigenvalue weighted by molar-refractivity contribution is -0.132. The maximum atomic E-state index is 13.5. The van der Waals surface area contributed by atoms with E-state index in [0.29, 0.717) is 31.5 Å². The number of rotatable bonds is 5. The number of piperidine rings is 1. The van der Waals surface area contributed by atoms with Gasteiger partial charge in [-0.15, -0.1) is 0 Å². The van der Waals surface area contributed by atoms with Crippen molar-refractivity contribution < 1.29 is 14.0 Å². The summed E-state index contributed by atoms with van der Waals surface area (Å²) in [5.74, 6) is -0.834. The smallest absolute Gasteiger partial charge is 0.251 e. The maximum Gasteiger partial charge on any atom is 0.251 e. The third-order valence-electron chi connectivity index (χ3n) is 5.76. The van der Waals surface area contributed by atoms with Gasteiger partial charge in [-0.2, -0.15) is 0 Å². The molecule has 0 atom stereocenters. The molecule has 1 fully saturated rings. The van der Waals surface area contributed by atoms with Gasteiger partial charge in [0, 0.05) is 24.7 Å². The number of carbonyl (C=O) groups excluding carboxylic acids is 2. The van der Waals surface area contributed by atoms with Crippen LogP contribution in [0, 0.1) is 5.82 Å². The number of hydrogen-bond donors (Lipinski definition) is 1. The van der Waals surface area contributed by atoms with E-state index in [0.717, 1.165) is 11.1 Å². The van der Waals surface area contributed by atoms with E-state index < -0.39 is 0 Å². The van der Waals surface area contributed by atoms with Crippen molar-refractivity contribution in [1.82, 2.24) is 10.2 Å². The Morgan fingerprint density at radius 1 is 0.806 bits per heavy atom. The van der Waals surface area contributed by atoms with Crippen LogP contribution in [0.5, 0.6) is 0 Å². The molecular weight excluding hydrogens is 391 g/mol. The van der Waals surface area contributed by atoms with E-state index >= 15 is 0 Å². The molecule has 2 amide bonds. The largest absolute Gasteiger partial charge is 0.349 e. The molecule has 158 valence electrons. The second-order valence-electron chi connectivity index (χ2n) is 7.83. The van der Waals surface area contributed by atoms with Crippen LogP contribution in [-0.4, -0.2) is 35.8 Å². The van der Waals surface area contributed by atoms with Gasteiger partial charge in [-0.1, -0.05) is 60.7 Å². The van der Waals surface area contributed by atoms with Crippen molar-refractivity contribution in [2.45, 2.75) is 24.8 Å². The Hall–Kier alpha value is -3.47. The Morgan fingerprint density at radius 3 is 1.84 bits per heavy atom. The zero-order valence-corrected chi connectivity index (χ0v) is 17.2. The molecule has 3 aromatic rings. The molecule has 3 aromatic carbocycles. The monoisotopic (exact) mass is 416 g/mol. The highest BCUT2D eigenvalue weighted by Crippen LogP contribution is 2.28. The van der Waals surface area contributed by atoms with Crippen LogP contribution in [0.1, 0.15) is 40.2 Å². The van der Waals surface area contributed by atoms with Crippen molar-refractivity contribution in [3.63, 3.8) is 0 Å². The standard InChI is InChI=1S/C26H25FN2O2/c27-22-13-11-21(12-14-22)25(30)28-23-15-17-29(18-16-23)26(31)24(19-7-3-1-4-8-19)20-9-5-2-6-10-20/h1-14,23-24H,15-18H2,(H,28,30). The average Bonchev–Trinajstić information content (AvgIpc) is 2.81. The Bertz CT molecular complexity index is 975. The summed E-state index contributed by atoms with van der Waals surface area (Å²) in [7, 11) is 0. The highest BCUT2D eigenvalue weighted by molar-refractivity contribution is 5.94. The molecule has 0 radical (unpaired) electrons. The first-order valence-corrected chi connectivity index (χ1v) is 10.6. The van der Waals surface area contributed by atoms with Crippen molar-refractivity contribution >= 4 is 11.8 Å². The number of halogens is 1. The van der Waals surface area contributed by atoms with Crippen molar-refractivity contribution in [3.05, 3.63) is 107 Å². The minimum Gasteiger partial charge on any atom is -0.349 e. The molecule has 31 heavy (non-hydrogen) atoms. The quantitative estimate of drug-likeness (QED) is 0.671. The lowest BCUT2D eigenvalue weighted by Crippen LogP contribution is -2.47. The Kier molecular flexibility index (Phi) is 6.41. The number of likely N-dealkylation sites (tertiary alicyclic amines) is 1. The maximum absolute atomic E-state index is 13.5. The van der Waals surface area contributed by atoms with E-state index in [1.807, 2.05) is 65.6 Å². The number of amides is 2. The molecule has 0 aromatic heterocycles. The van der Waals surface area contributed by atoms with Crippen LogP contribution >= 0.6 is 0 Å². The van der Waals surface area contributed by atoms with Crippen molar-refractivity contribution in [2.24, 2.45) is 0 Å². The van der Waals surface area contributed by atoms with Crippen LogP contribution in [0.15, 0.2) is 84.9 Å². The second-order valence-corrected chi connectivity index (χ2v) is 7.83. The zero-order chi connectivity index (χ0) is 21.6. The van der Waals surface area contributed by atoms with E-state index in [-0.39, 0.29) is 29.6 Å². The third kappa shape index (κ3) is 5.00. The summed E-state index contributed by atoms with van der Waals surface area (Å²) in [6.07, 6.45) is 1.38. The first-order valence-electron chi connectivity index (χ1n) is 10.6. The Labute approximate surface area is 181 Å². The van der Waals surface area contributed by atoms with Crippen LogP contribution in [0.3, 0.4) is 0 Å². The van der Waals surface area contributed by atoms with Crippen LogP contribution in [0.25, 0.3) is 0 Å². The number of nitrogens with one attached hydrogen (secondary N) is 1. The van der Waals surface area contributed by atoms with E-state index in [9.17, 15) is 14.0 Å². The molecule has 1 saturated heterocycles. The summed E-state index contributed by atoms with van der Waals surface area (Å²) < 4.78 is 13.1. The van der Waals surface area contributed by atoms with Gasteiger partial charge >= 0.3 is 0 Å². The van der Waals surface area contributed by atoms with Gasteiger partial charge < -0.3 is 10.2 Å². The molecule has 4 rings (SSSR count).